The molecule has 6 nitrogen and oxygen atoms in total. The van der Waals surface area contributed by atoms with Gasteiger partial charge in [-0.3, -0.25) is 4.79 Å². The van der Waals surface area contributed by atoms with Crippen molar-refractivity contribution in [1.82, 2.24) is 20.2 Å². The summed E-state index contributed by atoms with van der Waals surface area (Å²) >= 11 is 0. The minimum Gasteiger partial charge on any atom is -0.458 e. The average Bonchev–Trinajstić information content (AvgIpc) is 3.14. The molecule has 0 atom stereocenters. The highest BCUT2D eigenvalue weighted by atomic mass is 16.5. The summed E-state index contributed by atoms with van der Waals surface area (Å²) in [7, 11) is 0. The second-order valence-electron chi connectivity index (χ2n) is 7.16. The van der Waals surface area contributed by atoms with Crippen molar-refractivity contribution in [3.63, 3.8) is 0 Å². The molecule has 1 amide bonds. The van der Waals surface area contributed by atoms with Crippen molar-refractivity contribution in [2.45, 2.75) is 26.9 Å². The van der Waals surface area contributed by atoms with E-state index in [1.54, 1.807) is 12.2 Å². The average molecular weight is 405 g/mol. The maximum absolute atomic E-state index is 12.8. The number of amides is 1. The third-order valence-corrected chi connectivity index (χ3v) is 4.84. The monoisotopic (exact) mass is 404 g/mol. The smallest absolute Gasteiger partial charge is 0.251 e. The Morgan fingerprint density at radius 3 is 2.90 bits per heavy atom. The molecule has 3 rings (SSSR count). The lowest BCUT2D eigenvalue weighted by molar-refractivity contribution is -0.115. The second kappa shape index (κ2) is 9.89. The molecule has 30 heavy (non-hydrogen) atoms. The number of imidazole rings is 1. The van der Waals surface area contributed by atoms with Crippen molar-refractivity contribution in [2.24, 2.45) is 0 Å². The highest BCUT2D eigenvalue weighted by molar-refractivity contribution is 6.20. The summed E-state index contributed by atoms with van der Waals surface area (Å²) < 4.78 is 8.03. The van der Waals surface area contributed by atoms with E-state index in [0.717, 1.165) is 22.4 Å². The fraction of sp³-hybridized carbons (Fsp3) is 0.250. The van der Waals surface area contributed by atoms with Gasteiger partial charge in [0.2, 0.25) is 0 Å². The standard InChI is InChI=1S/C24H28N4O2/c1-5-19-7-8-21-12-23(19)22(6-2)24(29)27-10-9-25-13-20-14-26-16-28(20)15-17(3)11-18(4)30-21/h5-8,11-12,14,16,25H,1,4,9-10,13,15H2,2-3H3,(H,27,29)/b17-11+,22-6+. The van der Waals surface area contributed by atoms with Crippen molar-refractivity contribution < 1.29 is 9.53 Å². The molecule has 0 spiro atoms. The number of hydrogen-bond acceptors (Lipinski definition) is 4. The summed E-state index contributed by atoms with van der Waals surface area (Å²) in [4.78, 5) is 17.1. The van der Waals surface area contributed by atoms with E-state index in [4.69, 9.17) is 4.74 Å². The molecule has 0 saturated heterocycles. The number of fused-ring (bicyclic) bond motifs is 3. The van der Waals surface area contributed by atoms with Crippen LogP contribution < -0.4 is 15.4 Å². The van der Waals surface area contributed by atoms with E-state index >= 15 is 0 Å². The summed E-state index contributed by atoms with van der Waals surface area (Å²) in [6.07, 6.45) is 9.12. The van der Waals surface area contributed by atoms with E-state index in [2.05, 4.69) is 33.3 Å². The Morgan fingerprint density at radius 2 is 2.13 bits per heavy atom. The van der Waals surface area contributed by atoms with Gasteiger partial charge in [-0.2, -0.15) is 0 Å². The molecule has 0 radical (unpaired) electrons. The molecule has 1 aromatic heterocycles. The minimum absolute atomic E-state index is 0.136. The van der Waals surface area contributed by atoms with Crippen molar-refractivity contribution >= 4 is 17.6 Å². The highest BCUT2D eigenvalue weighted by Gasteiger charge is 2.15. The van der Waals surface area contributed by atoms with Crippen LogP contribution in [-0.2, 0) is 17.9 Å². The largest absolute Gasteiger partial charge is 0.458 e. The molecular formula is C24H28N4O2. The van der Waals surface area contributed by atoms with Crippen LogP contribution in [-0.4, -0.2) is 28.5 Å². The van der Waals surface area contributed by atoms with Crippen LogP contribution in [0.5, 0.6) is 5.75 Å². The summed E-state index contributed by atoms with van der Waals surface area (Å²) in [6, 6.07) is 5.60. The topological polar surface area (TPSA) is 68.2 Å². The number of benzene rings is 1. The maximum atomic E-state index is 12.8. The molecule has 2 bridgehead atoms. The van der Waals surface area contributed by atoms with Crippen LogP contribution in [0.1, 0.15) is 30.7 Å². The lowest BCUT2D eigenvalue weighted by atomic mass is 9.98. The van der Waals surface area contributed by atoms with Crippen LogP contribution in [0.25, 0.3) is 11.6 Å². The van der Waals surface area contributed by atoms with Gasteiger partial charge in [0, 0.05) is 37.9 Å². The van der Waals surface area contributed by atoms with Crippen molar-refractivity contribution in [3.05, 3.63) is 84.2 Å². The first-order chi connectivity index (χ1) is 14.5. The second-order valence-corrected chi connectivity index (χ2v) is 7.16. The number of hydrogen-bond donors (Lipinski definition) is 2. The number of ether oxygens (including phenoxy) is 1. The Balaban J connectivity index is 1.95. The third-order valence-electron chi connectivity index (χ3n) is 4.84. The van der Waals surface area contributed by atoms with Crippen molar-refractivity contribution in [1.29, 1.82) is 0 Å². The fourth-order valence-electron chi connectivity index (χ4n) is 3.40. The molecule has 1 aliphatic rings. The Kier molecular flexibility index (Phi) is 7.03. The normalized spacial score (nSPS) is 19.1. The Morgan fingerprint density at radius 1 is 1.30 bits per heavy atom. The molecule has 6 heteroatoms. The number of nitrogens with zero attached hydrogens (tertiary/aromatic N) is 2. The van der Waals surface area contributed by atoms with Crippen LogP contribution >= 0.6 is 0 Å². The van der Waals surface area contributed by atoms with Gasteiger partial charge in [0.15, 0.2) is 0 Å². The van der Waals surface area contributed by atoms with Gasteiger partial charge >= 0.3 is 0 Å². The molecular weight excluding hydrogens is 376 g/mol. The van der Waals surface area contributed by atoms with E-state index < -0.39 is 0 Å². The number of aromatic nitrogens is 2. The highest BCUT2D eigenvalue weighted by Crippen LogP contribution is 2.27. The fourth-order valence-corrected chi connectivity index (χ4v) is 3.40. The Hall–Kier alpha value is -3.38. The lowest BCUT2D eigenvalue weighted by Crippen LogP contribution is -2.32. The molecule has 2 aromatic rings. The first-order valence-corrected chi connectivity index (χ1v) is 9.97. The van der Waals surface area contributed by atoms with Gasteiger partial charge in [0.25, 0.3) is 5.91 Å². The maximum Gasteiger partial charge on any atom is 0.251 e. The van der Waals surface area contributed by atoms with Gasteiger partial charge in [-0.15, -0.1) is 0 Å². The predicted octanol–water partition coefficient (Wildman–Crippen LogP) is 3.69. The number of carbonyl (C=O) groups excluding carboxylic acids is 1. The number of allylic oxidation sites excluding steroid dienone is 3. The van der Waals surface area contributed by atoms with Crippen LogP contribution in [0.15, 0.2) is 67.4 Å². The number of rotatable bonds is 1. The zero-order valence-corrected chi connectivity index (χ0v) is 17.6. The predicted molar refractivity (Wildman–Crippen MR) is 121 cm³/mol. The zero-order valence-electron chi connectivity index (χ0n) is 17.6. The third kappa shape index (κ3) is 5.15. The first kappa shape index (κ1) is 21.3. The lowest BCUT2D eigenvalue weighted by Gasteiger charge is -2.14. The van der Waals surface area contributed by atoms with E-state index in [1.165, 1.54) is 0 Å². The van der Waals surface area contributed by atoms with Gasteiger partial charge in [-0.1, -0.05) is 31.4 Å². The van der Waals surface area contributed by atoms with Gasteiger partial charge in [-0.25, -0.2) is 4.98 Å². The van der Waals surface area contributed by atoms with Crippen molar-refractivity contribution in [2.75, 3.05) is 13.1 Å². The van der Waals surface area contributed by atoms with E-state index in [1.807, 2.05) is 50.6 Å². The molecule has 0 aliphatic carbocycles. The van der Waals surface area contributed by atoms with Gasteiger partial charge < -0.3 is 19.9 Å². The number of nitrogens with one attached hydrogen (secondary N) is 2. The Bertz CT molecular complexity index is 1010. The molecule has 2 N–H and O–H groups in total. The Labute approximate surface area is 177 Å². The van der Waals surface area contributed by atoms with Gasteiger partial charge in [0.05, 0.1) is 12.0 Å². The minimum atomic E-state index is -0.136. The summed E-state index contributed by atoms with van der Waals surface area (Å²) in [6.45, 7) is 14.3. The molecule has 0 saturated carbocycles. The van der Waals surface area contributed by atoms with E-state index in [0.29, 0.717) is 43.3 Å². The molecule has 0 unspecified atom stereocenters. The first-order valence-electron chi connectivity index (χ1n) is 9.97. The van der Waals surface area contributed by atoms with Crippen LogP contribution in [0, 0.1) is 0 Å². The SMILES string of the molecule is C=Cc1ccc2cc1/C(=C\C)C(=O)NCCNCc1cncn1C/C(C)=C/C(=C)O2. The van der Waals surface area contributed by atoms with Crippen LogP contribution in [0.4, 0.5) is 0 Å². The molecule has 2 heterocycles. The molecule has 1 aliphatic heterocycles. The summed E-state index contributed by atoms with van der Waals surface area (Å²) in [5.74, 6) is 1.01. The molecule has 156 valence electrons. The quantitative estimate of drug-likeness (QED) is 0.712. The molecule has 0 fully saturated rings. The zero-order chi connectivity index (χ0) is 21.5. The summed E-state index contributed by atoms with van der Waals surface area (Å²) in [5.41, 5.74) is 4.38. The van der Waals surface area contributed by atoms with E-state index in [-0.39, 0.29) is 5.91 Å². The van der Waals surface area contributed by atoms with Crippen molar-refractivity contribution in [3.8, 4) is 5.75 Å². The number of carbonyl (C=O) groups is 1. The van der Waals surface area contributed by atoms with E-state index in [9.17, 15) is 4.79 Å². The molecule has 1 aromatic carbocycles. The van der Waals surface area contributed by atoms with Crippen LogP contribution in [0.3, 0.4) is 0 Å². The summed E-state index contributed by atoms with van der Waals surface area (Å²) in [5, 5.41) is 6.33. The van der Waals surface area contributed by atoms with Gasteiger partial charge in [0.1, 0.15) is 11.5 Å². The van der Waals surface area contributed by atoms with Crippen LogP contribution in [0.2, 0.25) is 0 Å². The van der Waals surface area contributed by atoms with Gasteiger partial charge in [-0.05, 0) is 48.8 Å².